The van der Waals surface area contributed by atoms with E-state index in [0.717, 1.165) is 76.8 Å². The summed E-state index contributed by atoms with van der Waals surface area (Å²) in [4.78, 5) is 94.3. The van der Waals surface area contributed by atoms with Crippen LogP contribution in [0.15, 0.2) is 158 Å². The highest BCUT2D eigenvalue weighted by molar-refractivity contribution is 8.13. The van der Waals surface area contributed by atoms with Gasteiger partial charge in [-0.25, -0.2) is 38.8 Å². The predicted molar refractivity (Wildman–Crippen MR) is 317 cm³/mol. The highest BCUT2D eigenvalue weighted by Gasteiger charge is 2.45. The van der Waals surface area contributed by atoms with Gasteiger partial charge in [0.2, 0.25) is 0 Å². The first-order valence-corrected chi connectivity index (χ1v) is 28.1. The zero-order chi connectivity index (χ0) is 56.2. The average molecular weight is 1110 g/mol. The Labute approximate surface area is 462 Å². The molecule has 8 rings (SSSR count). The van der Waals surface area contributed by atoms with E-state index in [9.17, 15) is 38.4 Å². The van der Waals surface area contributed by atoms with Crippen molar-refractivity contribution in [2.24, 2.45) is 0 Å². The van der Waals surface area contributed by atoms with Crippen LogP contribution in [-0.4, -0.2) is 108 Å². The molecule has 16 nitrogen and oxygen atoms in total. The number of anilines is 4. The van der Waals surface area contributed by atoms with Crippen LogP contribution in [-0.2, 0) is 12.8 Å². The Balaban J connectivity index is 0.000000354. The Morgan fingerprint density at radius 2 is 0.645 bits per heavy atom. The zero-order valence-corrected chi connectivity index (χ0v) is 47.4. The van der Waals surface area contributed by atoms with Gasteiger partial charge in [-0.2, -0.15) is 0 Å². The van der Waals surface area contributed by atoms with Crippen molar-refractivity contribution in [1.29, 1.82) is 0 Å². The molecule has 2 heterocycles. The molecule has 0 saturated carbocycles. The van der Waals surface area contributed by atoms with E-state index < -0.39 is 12.1 Å². The maximum atomic E-state index is 13.0. The lowest BCUT2D eigenvalue weighted by Gasteiger charge is -2.38. The van der Waals surface area contributed by atoms with Crippen LogP contribution in [0.4, 0.5) is 61.1 Å². The van der Waals surface area contributed by atoms with Crippen LogP contribution in [0.2, 0.25) is 0 Å². The zero-order valence-electron chi connectivity index (χ0n) is 44.1. The van der Waals surface area contributed by atoms with Crippen molar-refractivity contribution >= 4 is 115 Å². The van der Waals surface area contributed by atoms with E-state index in [-0.39, 0.29) is 33.0 Å². The van der Waals surface area contributed by atoms with Crippen LogP contribution in [0.5, 0.6) is 0 Å². The van der Waals surface area contributed by atoms with Crippen molar-refractivity contribution < 1.29 is 38.4 Å². The normalized spacial score (nSPS) is 11.8. The molecule has 6 aromatic rings. The Kier molecular flexibility index (Phi) is 27.6. The van der Waals surface area contributed by atoms with E-state index in [4.69, 9.17) is 0 Å². The minimum absolute atomic E-state index is 0.00926. The number of imide groups is 4. The largest absolute Gasteiger partial charge is 0.350 e. The van der Waals surface area contributed by atoms with Gasteiger partial charge in [0, 0.05) is 39.6 Å². The molecule has 0 unspecified atom stereocenters. The van der Waals surface area contributed by atoms with E-state index in [0.29, 0.717) is 24.2 Å². The quantitative estimate of drug-likeness (QED) is 0.113. The molecule has 2 aliphatic rings. The van der Waals surface area contributed by atoms with Gasteiger partial charge in [0.15, 0.2) is 0 Å². The third-order valence-corrected chi connectivity index (χ3v) is 12.6. The molecule has 0 aromatic heterocycles. The number of hydrogen-bond donors (Lipinski definition) is 4. The van der Waals surface area contributed by atoms with E-state index in [1.54, 1.807) is 63.4 Å². The number of hydrogen-bond acceptors (Lipinski definition) is 12. The van der Waals surface area contributed by atoms with Crippen molar-refractivity contribution in [3.63, 3.8) is 0 Å². The van der Waals surface area contributed by atoms with Crippen LogP contribution in [0.1, 0.15) is 33.4 Å². The van der Waals surface area contributed by atoms with Crippen molar-refractivity contribution in [3.8, 4) is 0 Å². The third kappa shape index (κ3) is 21.0. The first-order valence-electron chi connectivity index (χ1n) is 23.2. The first-order chi connectivity index (χ1) is 36.4. The Morgan fingerprint density at radius 3 is 0.842 bits per heavy atom. The molecule has 4 N–H and O–H groups in total. The molecule has 20 heteroatoms. The van der Waals surface area contributed by atoms with E-state index in [1.807, 2.05) is 109 Å². The van der Waals surface area contributed by atoms with Gasteiger partial charge in [-0.1, -0.05) is 167 Å². The number of thioether (sulfide) groups is 4. The molecule has 0 aliphatic carbocycles. The van der Waals surface area contributed by atoms with Gasteiger partial charge < -0.3 is 21.3 Å². The SMILES string of the molecule is CN1C(=O)N(C)C1=O.CNC(=O)SC.CNC(=O)SC.CSC(=O)Nc1ccc(Cc2ccc(N3C(=O)N(c4ccc(Cc5ccc(NC(=O)SC)cc5)cc4)C3=O)cc2)cc1.Cc1ccccc1.Cc1ccccc1. The van der Waals surface area contributed by atoms with Crippen LogP contribution >= 0.6 is 47.0 Å². The third-order valence-electron chi connectivity index (χ3n) is 10.5. The molecule has 2 fully saturated rings. The van der Waals surface area contributed by atoms with Gasteiger partial charge in [-0.15, -0.1) is 0 Å². The standard InChI is InChI=1S/C32H28N4O4S2.2C7H8.C4H6N2O2.2C3H7NOS/c1-41-29(37)33-25-11-3-21(4-12-25)19-23-7-15-27(16-8-23)35-31(39)36(32(35)40)28-17-9-24(10-18-28)20-22-5-13-26(14-6-22)34-30(38)42-2;2*1-7-5-3-2-4-6-7;1-5-3(7)6(2)4(5)8;2*1-4-3(5)6-2/h3-18H,19-20H2,1-2H3,(H,33,37)(H,34,38);2*2-6H,1H3;1-2H3;2*1-2H3,(H,4,5). The lowest BCUT2D eigenvalue weighted by Crippen LogP contribution is -2.64. The predicted octanol–water partition coefficient (Wildman–Crippen LogP) is 13.7. The number of carbonyl (C=O) groups excluding carboxylic acids is 8. The van der Waals surface area contributed by atoms with Crippen molar-refractivity contribution in [1.82, 2.24) is 20.4 Å². The number of benzene rings is 6. The molecular formula is C56H64N8O8S4. The van der Waals surface area contributed by atoms with Gasteiger partial charge in [0.25, 0.3) is 21.0 Å². The van der Waals surface area contributed by atoms with Crippen LogP contribution < -0.4 is 31.1 Å². The number of amides is 12. The number of urea groups is 4. The maximum Gasteiger partial charge on any atom is 0.345 e. The van der Waals surface area contributed by atoms with Gasteiger partial charge in [0.05, 0.1) is 11.4 Å². The fraction of sp³-hybridized carbons (Fsp3) is 0.214. The summed E-state index contributed by atoms with van der Waals surface area (Å²) < 4.78 is 0. The van der Waals surface area contributed by atoms with Crippen LogP contribution in [0.3, 0.4) is 0 Å². The highest BCUT2D eigenvalue weighted by atomic mass is 32.2. The summed E-state index contributed by atoms with van der Waals surface area (Å²) in [7, 11) is 6.12. The molecule has 400 valence electrons. The van der Waals surface area contributed by atoms with Gasteiger partial charge in [-0.3, -0.25) is 19.2 Å². The molecule has 2 aliphatic heterocycles. The maximum absolute atomic E-state index is 13.0. The Morgan fingerprint density at radius 1 is 0.382 bits per heavy atom. The molecule has 0 spiro atoms. The molecule has 6 aromatic carbocycles. The minimum Gasteiger partial charge on any atom is -0.350 e. The Bertz CT molecular complexity index is 2600. The van der Waals surface area contributed by atoms with Crippen molar-refractivity contribution in [3.05, 3.63) is 191 Å². The second kappa shape index (κ2) is 33.4. The number of nitrogens with zero attached hydrogens (tertiary/aromatic N) is 4. The molecule has 2 saturated heterocycles. The summed E-state index contributed by atoms with van der Waals surface area (Å²) in [5.41, 5.74) is 9.39. The number of aryl methyl sites for hydroxylation is 2. The summed E-state index contributed by atoms with van der Waals surface area (Å²) in [5, 5.41) is 10.3. The molecule has 0 radical (unpaired) electrons. The van der Waals surface area contributed by atoms with Crippen molar-refractivity contribution in [2.45, 2.75) is 26.7 Å². The highest BCUT2D eigenvalue weighted by Crippen LogP contribution is 2.31. The first kappa shape index (κ1) is 62.8. The smallest absolute Gasteiger partial charge is 0.345 e. The van der Waals surface area contributed by atoms with E-state index in [2.05, 4.69) is 59.4 Å². The lowest BCUT2D eigenvalue weighted by atomic mass is 10.0. The molecule has 12 amide bonds. The van der Waals surface area contributed by atoms with Gasteiger partial charge in [0.1, 0.15) is 0 Å². The van der Waals surface area contributed by atoms with E-state index in [1.165, 1.54) is 48.7 Å². The fourth-order valence-corrected chi connectivity index (χ4v) is 7.20. The van der Waals surface area contributed by atoms with E-state index >= 15 is 0 Å². The Hall–Kier alpha value is -7.52. The summed E-state index contributed by atoms with van der Waals surface area (Å²) >= 11 is 4.60. The molecule has 0 bridgehead atoms. The van der Waals surface area contributed by atoms with Crippen LogP contribution in [0.25, 0.3) is 0 Å². The molecule has 76 heavy (non-hydrogen) atoms. The summed E-state index contributed by atoms with van der Waals surface area (Å²) in [5.74, 6) is 0. The van der Waals surface area contributed by atoms with Gasteiger partial charge >= 0.3 is 24.1 Å². The topological polar surface area (TPSA) is 198 Å². The van der Waals surface area contributed by atoms with Crippen molar-refractivity contribution in [2.75, 3.05) is 73.6 Å². The molecule has 0 atom stereocenters. The van der Waals surface area contributed by atoms with Gasteiger partial charge in [-0.05, 0) is 122 Å². The minimum atomic E-state index is -0.397. The van der Waals surface area contributed by atoms with Crippen LogP contribution in [0, 0.1) is 13.8 Å². The molecular weight excluding hydrogens is 1040 g/mol. The fourth-order valence-electron chi connectivity index (χ4n) is 6.35. The monoisotopic (exact) mass is 1100 g/mol. The number of carbonyl (C=O) groups is 8. The number of rotatable bonds is 8. The lowest BCUT2D eigenvalue weighted by molar-refractivity contribution is 0.125. The average Bonchev–Trinajstić information content (AvgIpc) is 3.47. The summed E-state index contributed by atoms with van der Waals surface area (Å²) in [6, 6.07) is 49.2. The summed E-state index contributed by atoms with van der Waals surface area (Å²) in [6.45, 7) is 4.17. The second-order valence-electron chi connectivity index (χ2n) is 16.0. The second-order valence-corrected chi connectivity index (χ2v) is 19.1. The number of nitrogens with one attached hydrogen (secondary N) is 4. The summed E-state index contributed by atoms with van der Waals surface area (Å²) in [6.07, 6.45) is 8.28.